The fraction of sp³-hybridized carbons (Fsp3) is 0.400. The Morgan fingerprint density at radius 2 is 2.09 bits per heavy atom. The number of aromatic nitrogens is 2. The van der Waals surface area contributed by atoms with Crippen molar-refractivity contribution < 1.29 is 4.74 Å². The summed E-state index contributed by atoms with van der Waals surface area (Å²) in [6, 6.07) is 14.7. The molecule has 3 aromatic rings. The van der Waals surface area contributed by atoms with Crippen LogP contribution in [0.3, 0.4) is 0 Å². The van der Waals surface area contributed by atoms with Crippen LogP contribution in [0.2, 0.25) is 5.02 Å². The molecule has 5 rings (SSSR count). The largest absolute Gasteiger partial charge is 0.365 e. The molecule has 8 heteroatoms. The molecule has 0 bridgehead atoms. The second-order valence-electron chi connectivity index (χ2n) is 8.51. The molecule has 1 saturated heterocycles. The molecule has 0 amide bonds. The number of benzene rings is 2. The van der Waals surface area contributed by atoms with E-state index in [1.54, 1.807) is 11.8 Å². The van der Waals surface area contributed by atoms with Crippen molar-refractivity contribution in [3.8, 4) is 6.07 Å². The Labute approximate surface area is 203 Å². The summed E-state index contributed by atoms with van der Waals surface area (Å²) in [5.41, 5.74) is 3.19. The molecule has 33 heavy (non-hydrogen) atoms. The van der Waals surface area contributed by atoms with E-state index < -0.39 is 0 Å². The highest BCUT2D eigenvalue weighted by Crippen LogP contribution is 2.43. The van der Waals surface area contributed by atoms with Gasteiger partial charge < -0.3 is 15.0 Å². The maximum Gasteiger partial charge on any atom is 0.189 e. The standard InChI is InChI=1S/C25H26ClN5OS/c1-15-22-20(13-21(32-15)18-7-3-5-16-6-4-8-19(26)23(16)18)29-25(33-2)30-24(22)31-12-11-28-17(14-31)9-10-27/h3-8,15,17,21,28H,9,11-14H2,1-2H3/t15?,17-,21?/m0/s1. The molecule has 3 heterocycles. The van der Waals surface area contributed by atoms with Gasteiger partial charge in [0.1, 0.15) is 5.82 Å². The molecule has 1 aromatic heterocycles. The van der Waals surface area contributed by atoms with Gasteiger partial charge in [-0.05, 0) is 30.2 Å². The lowest BCUT2D eigenvalue weighted by molar-refractivity contribution is -0.0179. The molecule has 6 nitrogen and oxygen atoms in total. The third-order valence-electron chi connectivity index (χ3n) is 6.45. The number of anilines is 1. The van der Waals surface area contributed by atoms with Crippen LogP contribution in [0.1, 0.15) is 42.4 Å². The van der Waals surface area contributed by atoms with Crippen LogP contribution in [-0.4, -0.2) is 41.9 Å². The lowest BCUT2D eigenvalue weighted by atomic mass is 9.92. The minimum absolute atomic E-state index is 0.136. The zero-order chi connectivity index (χ0) is 22.9. The van der Waals surface area contributed by atoms with Crippen LogP contribution in [0, 0.1) is 11.3 Å². The summed E-state index contributed by atoms with van der Waals surface area (Å²) < 4.78 is 6.60. The molecule has 3 atom stereocenters. The summed E-state index contributed by atoms with van der Waals surface area (Å²) in [4.78, 5) is 12.1. The lowest BCUT2D eigenvalue weighted by Crippen LogP contribution is -2.51. The van der Waals surface area contributed by atoms with Gasteiger partial charge in [-0.15, -0.1) is 0 Å². The summed E-state index contributed by atoms with van der Waals surface area (Å²) >= 11 is 8.17. The maximum absolute atomic E-state index is 9.16. The van der Waals surface area contributed by atoms with E-state index >= 15 is 0 Å². The number of nitrogens with one attached hydrogen (secondary N) is 1. The van der Waals surface area contributed by atoms with Gasteiger partial charge in [0.2, 0.25) is 0 Å². The molecule has 0 radical (unpaired) electrons. The average Bonchev–Trinajstić information content (AvgIpc) is 2.83. The molecular formula is C25H26ClN5OS. The second-order valence-corrected chi connectivity index (χ2v) is 9.69. The van der Waals surface area contributed by atoms with Crippen molar-refractivity contribution in [1.82, 2.24) is 15.3 Å². The van der Waals surface area contributed by atoms with E-state index in [0.29, 0.717) is 12.8 Å². The van der Waals surface area contributed by atoms with Gasteiger partial charge in [-0.3, -0.25) is 0 Å². The first-order valence-corrected chi connectivity index (χ1v) is 12.8. The summed E-state index contributed by atoms with van der Waals surface area (Å²) in [5.74, 6) is 0.940. The van der Waals surface area contributed by atoms with Gasteiger partial charge in [-0.2, -0.15) is 5.26 Å². The number of ether oxygens (including phenoxy) is 1. The van der Waals surface area contributed by atoms with E-state index in [9.17, 15) is 0 Å². The van der Waals surface area contributed by atoms with Crippen molar-refractivity contribution in [2.24, 2.45) is 0 Å². The van der Waals surface area contributed by atoms with Crippen molar-refractivity contribution in [3.05, 3.63) is 58.2 Å². The first-order chi connectivity index (χ1) is 16.1. The van der Waals surface area contributed by atoms with Gasteiger partial charge in [0.25, 0.3) is 0 Å². The van der Waals surface area contributed by atoms with E-state index in [1.165, 1.54) is 0 Å². The number of hydrogen-bond donors (Lipinski definition) is 1. The van der Waals surface area contributed by atoms with E-state index in [4.69, 9.17) is 31.6 Å². The number of fused-ring (bicyclic) bond motifs is 2. The van der Waals surface area contributed by atoms with Crippen LogP contribution in [0.25, 0.3) is 10.8 Å². The van der Waals surface area contributed by atoms with Gasteiger partial charge in [-0.1, -0.05) is 53.7 Å². The van der Waals surface area contributed by atoms with Crippen molar-refractivity contribution in [2.45, 2.75) is 43.2 Å². The summed E-state index contributed by atoms with van der Waals surface area (Å²) in [6.45, 7) is 4.50. The van der Waals surface area contributed by atoms with E-state index in [2.05, 4.69) is 47.5 Å². The Hall–Kier alpha value is -2.37. The van der Waals surface area contributed by atoms with Gasteiger partial charge in [-0.25, -0.2) is 9.97 Å². The first-order valence-electron chi connectivity index (χ1n) is 11.2. The normalized spacial score (nSPS) is 22.7. The number of piperazine rings is 1. The van der Waals surface area contributed by atoms with Gasteiger partial charge in [0.05, 0.1) is 30.4 Å². The minimum atomic E-state index is -0.160. The summed E-state index contributed by atoms with van der Waals surface area (Å²) in [7, 11) is 0. The fourth-order valence-electron chi connectivity index (χ4n) is 4.96. The van der Waals surface area contributed by atoms with Crippen LogP contribution in [0.15, 0.2) is 41.6 Å². The highest BCUT2D eigenvalue weighted by molar-refractivity contribution is 7.98. The van der Waals surface area contributed by atoms with Crippen LogP contribution in [-0.2, 0) is 11.2 Å². The molecule has 2 aromatic carbocycles. The number of halogens is 1. The van der Waals surface area contributed by atoms with E-state index in [0.717, 1.165) is 63.2 Å². The molecule has 1 fully saturated rings. The minimum Gasteiger partial charge on any atom is -0.365 e. The molecule has 1 N–H and O–H groups in total. The van der Waals surface area contributed by atoms with Crippen molar-refractivity contribution in [2.75, 3.05) is 30.8 Å². The Morgan fingerprint density at radius 1 is 1.27 bits per heavy atom. The second kappa shape index (κ2) is 9.47. The predicted molar refractivity (Wildman–Crippen MR) is 133 cm³/mol. The number of hydrogen-bond acceptors (Lipinski definition) is 7. The Kier molecular flexibility index (Phi) is 6.44. The number of nitrogens with zero attached hydrogens (tertiary/aromatic N) is 4. The molecule has 2 aliphatic heterocycles. The van der Waals surface area contributed by atoms with Gasteiger partial charge in [0.15, 0.2) is 5.16 Å². The van der Waals surface area contributed by atoms with Crippen molar-refractivity contribution >= 4 is 40.0 Å². The Balaban J connectivity index is 1.55. The summed E-state index contributed by atoms with van der Waals surface area (Å²) in [5, 5.41) is 16.3. The van der Waals surface area contributed by atoms with Gasteiger partial charge >= 0.3 is 0 Å². The van der Waals surface area contributed by atoms with Crippen LogP contribution >= 0.6 is 23.4 Å². The monoisotopic (exact) mass is 479 g/mol. The maximum atomic E-state index is 9.16. The van der Waals surface area contributed by atoms with Crippen molar-refractivity contribution in [1.29, 1.82) is 5.26 Å². The SMILES string of the molecule is CSc1nc2c(c(N3CCN[C@@H](CC#N)C3)n1)C(C)OC(c1cccc3cccc(Cl)c13)C2. The Bertz CT molecular complexity index is 1220. The number of rotatable bonds is 4. The van der Waals surface area contributed by atoms with E-state index in [-0.39, 0.29) is 18.2 Å². The quantitative estimate of drug-likeness (QED) is 0.413. The highest BCUT2D eigenvalue weighted by Gasteiger charge is 2.34. The number of thioether (sulfide) groups is 1. The van der Waals surface area contributed by atoms with Crippen LogP contribution < -0.4 is 10.2 Å². The molecule has 0 aliphatic carbocycles. The predicted octanol–water partition coefficient (Wildman–Crippen LogP) is 5.07. The van der Waals surface area contributed by atoms with Crippen molar-refractivity contribution in [3.63, 3.8) is 0 Å². The molecule has 170 valence electrons. The fourth-order valence-corrected chi connectivity index (χ4v) is 5.63. The first kappa shape index (κ1) is 22.4. The Morgan fingerprint density at radius 3 is 2.88 bits per heavy atom. The third-order valence-corrected chi connectivity index (χ3v) is 7.31. The van der Waals surface area contributed by atoms with Crippen LogP contribution in [0.5, 0.6) is 0 Å². The zero-order valence-corrected chi connectivity index (χ0v) is 20.3. The molecular weight excluding hydrogens is 454 g/mol. The smallest absolute Gasteiger partial charge is 0.189 e. The molecule has 0 saturated carbocycles. The highest BCUT2D eigenvalue weighted by atomic mass is 35.5. The topological polar surface area (TPSA) is 74.1 Å². The van der Waals surface area contributed by atoms with E-state index in [1.807, 2.05) is 18.4 Å². The average molecular weight is 480 g/mol. The molecule has 2 unspecified atom stereocenters. The lowest BCUT2D eigenvalue weighted by Gasteiger charge is -2.38. The number of nitriles is 1. The molecule has 0 spiro atoms. The zero-order valence-electron chi connectivity index (χ0n) is 18.7. The molecule has 2 aliphatic rings. The summed E-state index contributed by atoms with van der Waals surface area (Å²) in [6.07, 6.45) is 2.86. The van der Waals surface area contributed by atoms with Crippen LogP contribution in [0.4, 0.5) is 5.82 Å². The van der Waals surface area contributed by atoms with Gasteiger partial charge in [0, 0.05) is 48.1 Å². The third kappa shape index (κ3) is 4.29.